The predicted molar refractivity (Wildman–Crippen MR) is 81.1 cm³/mol. The van der Waals surface area contributed by atoms with E-state index in [1.807, 2.05) is 0 Å². The number of halogens is 3. The van der Waals surface area contributed by atoms with Crippen molar-refractivity contribution in [3.05, 3.63) is 58.1 Å². The standard InChI is InChI=1S/C15H10BrF2NO4/c16-8-1-4-13(20)10(5-8)15(22)23-7-14(21)19-12-6-9(17)2-3-11(12)18/h1-6,20H,7H2,(H,19,21). The third kappa shape index (κ3) is 4.49. The predicted octanol–water partition coefficient (Wildman–Crippen LogP) is 3.23. The summed E-state index contributed by atoms with van der Waals surface area (Å²) >= 11 is 3.13. The molecule has 0 unspecified atom stereocenters. The van der Waals surface area contributed by atoms with Crippen molar-refractivity contribution in [3.8, 4) is 5.75 Å². The van der Waals surface area contributed by atoms with E-state index in [0.29, 0.717) is 4.47 Å². The monoisotopic (exact) mass is 385 g/mol. The van der Waals surface area contributed by atoms with Crippen LogP contribution in [0.1, 0.15) is 10.4 Å². The average Bonchev–Trinajstić information content (AvgIpc) is 2.51. The van der Waals surface area contributed by atoms with Crippen LogP contribution in [-0.4, -0.2) is 23.6 Å². The first-order valence-corrected chi connectivity index (χ1v) is 7.06. The zero-order chi connectivity index (χ0) is 17.0. The molecule has 0 saturated heterocycles. The third-order valence-corrected chi connectivity index (χ3v) is 3.21. The van der Waals surface area contributed by atoms with Gasteiger partial charge in [0.05, 0.1) is 5.69 Å². The highest BCUT2D eigenvalue weighted by atomic mass is 79.9. The van der Waals surface area contributed by atoms with Gasteiger partial charge in [0, 0.05) is 10.5 Å². The minimum absolute atomic E-state index is 0.135. The fourth-order valence-electron chi connectivity index (χ4n) is 1.66. The third-order valence-electron chi connectivity index (χ3n) is 2.72. The molecule has 2 rings (SSSR count). The number of hydrogen-bond donors (Lipinski definition) is 2. The second kappa shape index (κ2) is 7.19. The summed E-state index contributed by atoms with van der Waals surface area (Å²) in [5.74, 6) is -3.64. The number of aromatic hydroxyl groups is 1. The highest BCUT2D eigenvalue weighted by Gasteiger charge is 2.16. The molecule has 0 aromatic heterocycles. The maximum atomic E-state index is 13.4. The number of carbonyl (C=O) groups excluding carboxylic acids is 2. The highest BCUT2D eigenvalue weighted by molar-refractivity contribution is 9.10. The number of ether oxygens (including phenoxy) is 1. The number of hydrogen-bond acceptors (Lipinski definition) is 4. The van der Waals surface area contributed by atoms with Crippen LogP contribution in [0, 0.1) is 11.6 Å². The molecule has 2 aromatic carbocycles. The van der Waals surface area contributed by atoms with E-state index in [-0.39, 0.29) is 17.0 Å². The number of benzene rings is 2. The molecule has 0 spiro atoms. The molecule has 1 amide bonds. The van der Waals surface area contributed by atoms with Crippen LogP contribution in [0.15, 0.2) is 40.9 Å². The lowest BCUT2D eigenvalue weighted by Crippen LogP contribution is -2.21. The molecule has 2 aromatic rings. The van der Waals surface area contributed by atoms with Gasteiger partial charge in [0.25, 0.3) is 5.91 Å². The van der Waals surface area contributed by atoms with Crippen molar-refractivity contribution < 1.29 is 28.2 Å². The lowest BCUT2D eigenvalue weighted by Gasteiger charge is -2.08. The fraction of sp³-hybridized carbons (Fsp3) is 0.0667. The first-order chi connectivity index (χ1) is 10.9. The van der Waals surface area contributed by atoms with Crippen molar-refractivity contribution in [3.63, 3.8) is 0 Å². The van der Waals surface area contributed by atoms with Gasteiger partial charge in [-0.05, 0) is 30.3 Å². The Morgan fingerprint density at radius 1 is 1.17 bits per heavy atom. The van der Waals surface area contributed by atoms with Crippen molar-refractivity contribution in [2.24, 2.45) is 0 Å². The molecule has 0 aliphatic carbocycles. The van der Waals surface area contributed by atoms with E-state index in [0.717, 1.165) is 18.2 Å². The molecule has 0 aliphatic heterocycles. The lowest BCUT2D eigenvalue weighted by atomic mass is 10.2. The van der Waals surface area contributed by atoms with Crippen molar-refractivity contribution >= 4 is 33.5 Å². The molecule has 0 radical (unpaired) electrons. The summed E-state index contributed by atoms with van der Waals surface area (Å²) in [7, 11) is 0. The maximum Gasteiger partial charge on any atom is 0.342 e. The van der Waals surface area contributed by atoms with Gasteiger partial charge in [0.1, 0.15) is 22.9 Å². The molecule has 0 heterocycles. The van der Waals surface area contributed by atoms with Crippen molar-refractivity contribution in [1.29, 1.82) is 0 Å². The molecule has 8 heteroatoms. The van der Waals surface area contributed by atoms with Crippen LogP contribution in [0.25, 0.3) is 0 Å². The molecule has 0 fully saturated rings. The summed E-state index contributed by atoms with van der Waals surface area (Å²) < 4.78 is 31.6. The minimum atomic E-state index is -0.932. The molecule has 23 heavy (non-hydrogen) atoms. The van der Waals surface area contributed by atoms with Gasteiger partial charge in [-0.1, -0.05) is 15.9 Å². The number of phenolic OH excluding ortho intramolecular Hbond substituents is 1. The Kier molecular flexibility index (Phi) is 5.28. The molecular formula is C15H10BrF2NO4. The summed E-state index contributed by atoms with van der Waals surface area (Å²) in [6.45, 7) is -0.721. The first-order valence-electron chi connectivity index (χ1n) is 6.27. The zero-order valence-electron chi connectivity index (χ0n) is 11.5. The van der Waals surface area contributed by atoms with Crippen LogP contribution in [0.5, 0.6) is 5.75 Å². The van der Waals surface area contributed by atoms with Gasteiger partial charge in [-0.25, -0.2) is 13.6 Å². The largest absolute Gasteiger partial charge is 0.507 e. The number of rotatable bonds is 4. The molecule has 0 atom stereocenters. The van der Waals surface area contributed by atoms with Gasteiger partial charge in [-0.2, -0.15) is 0 Å². The van der Waals surface area contributed by atoms with E-state index in [9.17, 15) is 23.5 Å². The smallest absolute Gasteiger partial charge is 0.342 e. The van der Waals surface area contributed by atoms with E-state index in [2.05, 4.69) is 21.2 Å². The van der Waals surface area contributed by atoms with Crippen molar-refractivity contribution in [1.82, 2.24) is 0 Å². The van der Waals surface area contributed by atoms with Crippen LogP contribution in [-0.2, 0) is 9.53 Å². The van der Waals surface area contributed by atoms with E-state index >= 15 is 0 Å². The first kappa shape index (κ1) is 16.9. The maximum absolute atomic E-state index is 13.4. The summed E-state index contributed by atoms with van der Waals surface area (Å²) in [4.78, 5) is 23.4. The zero-order valence-corrected chi connectivity index (χ0v) is 13.1. The van der Waals surface area contributed by atoms with Crippen LogP contribution < -0.4 is 5.32 Å². The molecule has 0 saturated carbocycles. The number of carbonyl (C=O) groups is 2. The summed E-state index contributed by atoms with van der Waals surface area (Å²) in [6.07, 6.45) is 0. The number of phenols is 1. The SMILES string of the molecule is O=C(COC(=O)c1cc(Br)ccc1O)Nc1cc(F)ccc1F. The van der Waals surface area contributed by atoms with E-state index in [1.165, 1.54) is 18.2 Å². The topological polar surface area (TPSA) is 75.6 Å². The van der Waals surface area contributed by atoms with Crippen molar-refractivity contribution in [2.45, 2.75) is 0 Å². The fourth-order valence-corrected chi connectivity index (χ4v) is 2.02. The second-order valence-corrected chi connectivity index (χ2v) is 5.33. The Morgan fingerprint density at radius 3 is 2.65 bits per heavy atom. The van der Waals surface area contributed by atoms with Crippen LogP contribution in [0.4, 0.5) is 14.5 Å². The van der Waals surface area contributed by atoms with Gasteiger partial charge in [-0.15, -0.1) is 0 Å². The van der Waals surface area contributed by atoms with Gasteiger partial charge < -0.3 is 15.2 Å². The van der Waals surface area contributed by atoms with Gasteiger partial charge >= 0.3 is 5.97 Å². The molecule has 120 valence electrons. The number of anilines is 1. The summed E-state index contributed by atoms with van der Waals surface area (Å²) in [5.41, 5.74) is -0.500. The molecular weight excluding hydrogens is 376 g/mol. The molecule has 5 nitrogen and oxygen atoms in total. The van der Waals surface area contributed by atoms with Crippen LogP contribution in [0.3, 0.4) is 0 Å². The number of nitrogens with one attached hydrogen (secondary N) is 1. The van der Waals surface area contributed by atoms with Crippen LogP contribution >= 0.6 is 15.9 Å². The molecule has 0 aliphatic rings. The van der Waals surface area contributed by atoms with Gasteiger partial charge in [-0.3, -0.25) is 4.79 Å². The second-order valence-electron chi connectivity index (χ2n) is 4.41. The van der Waals surface area contributed by atoms with Gasteiger partial charge in [0.2, 0.25) is 0 Å². The van der Waals surface area contributed by atoms with E-state index < -0.39 is 30.1 Å². The molecule has 2 N–H and O–H groups in total. The highest BCUT2D eigenvalue weighted by Crippen LogP contribution is 2.22. The normalized spacial score (nSPS) is 10.2. The van der Waals surface area contributed by atoms with Gasteiger partial charge in [0.15, 0.2) is 6.61 Å². The lowest BCUT2D eigenvalue weighted by molar-refractivity contribution is -0.119. The Balaban J connectivity index is 1.97. The minimum Gasteiger partial charge on any atom is -0.507 e. The molecule has 0 bridgehead atoms. The van der Waals surface area contributed by atoms with E-state index in [4.69, 9.17) is 4.74 Å². The number of esters is 1. The Bertz CT molecular complexity index is 767. The number of amides is 1. The Morgan fingerprint density at radius 2 is 1.91 bits per heavy atom. The Hall–Kier alpha value is -2.48. The van der Waals surface area contributed by atoms with Crippen molar-refractivity contribution in [2.75, 3.05) is 11.9 Å². The summed E-state index contributed by atoms with van der Waals surface area (Å²) in [6, 6.07) is 6.68. The van der Waals surface area contributed by atoms with Crippen LogP contribution in [0.2, 0.25) is 0 Å². The van der Waals surface area contributed by atoms with E-state index in [1.54, 1.807) is 0 Å². The Labute approximate surface area is 138 Å². The quantitative estimate of drug-likeness (QED) is 0.792. The average molecular weight is 386 g/mol. The summed E-state index contributed by atoms with van der Waals surface area (Å²) in [5, 5.41) is 11.6.